The summed E-state index contributed by atoms with van der Waals surface area (Å²) >= 11 is 0. The van der Waals surface area contributed by atoms with Gasteiger partial charge in [0.2, 0.25) is 5.91 Å². The average Bonchev–Trinajstić information content (AvgIpc) is 2.73. The summed E-state index contributed by atoms with van der Waals surface area (Å²) in [6, 6.07) is 8.00. The summed E-state index contributed by atoms with van der Waals surface area (Å²) in [4.78, 5) is 34.0. The first-order valence-corrected chi connectivity index (χ1v) is 10.8. The van der Waals surface area contributed by atoms with Crippen molar-refractivity contribution in [2.45, 2.75) is 25.3 Å². The van der Waals surface area contributed by atoms with Crippen molar-refractivity contribution in [3.63, 3.8) is 0 Å². The number of carbonyl (C=O) groups is 2. The predicted octanol–water partition coefficient (Wildman–Crippen LogP) is 1.15. The summed E-state index contributed by atoms with van der Waals surface area (Å²) in [7, 11) is 1.62. The molecule has 3 aliphatic rings. The molecule has 1 saturated carbocycles. The molecule has 0 atom stereocenters. The van der Waals surface area contributed by atoms with Crippen LogP contribution in [0.25, 0.3) is 0 Å². The maximum Gasteiger partial charge on any atom is 0.253 e. The molecule has 2 amide bonds. The van der Waals surface area contributed by atoms with Crippen LogP contribution in [0.5, 0.6) is 5.75 Å². The lowest BCUT2D eigenvalue weighted by molar-refractivity contribution is -0.135. The van der Waals surface area contributed by atoms with Crippen molar-refractivity contribution in [1.82, 2.24) is 19.6 Å². The molecular weight excluding hydrogens is 368 g/mol. The van der Waals surface area contributed by atoms with Crippen LogP contribution in [-0.2, 0) is 4.79 Å². The summed E-state index contributed by atoms with van der Waals surface area (Å²) in [5, 5.41) is 0. The van der Waals surface area contributed by atoms with Gasteiger partial charge in [0.05, 0.1) is 13.7 Å². The fraction of sp³-hybridized carbons (Fsp3) is 0.636. The van der Waals surface area contributed by atoms with Gasteiger partial charge in [-0.3, -0.25) is 19.4 Å². The lowest BCUT2D eigenvalue weighted by Crippen LogP contribution is -2.56. The summed E-state index contributed by atoms with van der Waals surface area (Å²) in [6.45, 7) is 7.01. The Morgan fingerprint density at radius 2 is 1.52 bits per heavy atom. The van der Waals surface area contributed by atoms with Crippen LogP contribution in [0.3, 0.4) is 0 Å². The Labute approximate surface area is 173 Å². The molecule has 2 saturated heterocycles. The molecule has 0 bridgehead atoms. The molecule has 2 aliphatic heterocycles. The van der Waals surface area contributed by atoms with Crippen LogP contribution in [0.2, 0.25) is 0 Å². The molecular formula is C22H32N4O3. The van der Waals surface area contributed by atoms with E-state index in [0.717, 1.165) is 51.1 Å². The highest BCUT2D eigenvalue weighted by Crippen LogP contribution is 2.25. The van der Waals surface area contributed by atoms with Crippen LogP contribution < -0.4 is 4.74 Å². The number of piperazine rings is 2. The van der Waals surface area contributed by atoms with Crippen LogP contribution in [0.4, 0.5) is 0 Å². The number of ether oxygens (including phenoxy) is 1. The topological polar surface area (TPSA) is 56.3 Å². The monoisotopic (exact) mass is 400 g/mol. The molecule has 0 radical (unpaired) electrons. The van der Waals surface area contributed by atoms with E-state index in [1.54, 1.807) is 19.2 Å². The second-order valence-electron chi connectivity index (χ2n) is 8.30. The Morgan fingerprint density at radius 1 is 0.897 bits per heavy atom. The summed E-state index contributed by atoms with van der Waals surface area (Å²) in [5.41, 5.74) is 0.680. The van der Waals surface area contributed by atoms with E-state index in [9.17, 15) is 9.59 Å². The van der Waals surface area contributed by atoms with Crippen molar-refractivity contribution >= 4 is 11.8 Å². The summed E-state index contributed by atoms with van der Waals surface area (Å²) in [6.07, 6.45) is 4.01. The van der Waals surface area contributed by atoms with E-state index in [2.05, 4.69) is 9.80 Å². The highest BCUT2D eigenvalue weighted by molar-refractivity contribution is 5.94. The molecule has 0 N–H and O–H groups in total. The first kappa shape index (κ1) is 20.2. The predicted molar refractivity (Wildman–Crippen MR) is 111 cm³/mol. The molecule has 1 aromatic rings. The van der Waals surface area contributed by atoms with E-state index in [4.69, 9.17) is 4.74 Å². The molecule has 4 rings (SSSR count). The van der Waals surface area contributed by atoms with Crippen molar-refractivity contribution in [3.8, 4) is 5.75 Å². The molecule has 29 heavy (non-hydrogen) atoms. The minimum absolute atomic E-state index is 0.0470. The second kappa shape index (κ2) is 9.13. The van der Waals surface area contributed by atoms with E-state index < -0.39 is 0 Å². The van der Waals surface area contributed by atoms with E-state index in [1.807, 2.05) is 21.9 Å². The van der Waals surface area contributed by atoms with Crippen LogP contribution in [0, 0.1) is 0 Å². The van der Waals surface area contributed by atoms with Gasteiger partial charge in [-0.15, -0.1) is 0 Å². The first-order chi connectivity index (χ1) is 14.1. The molecule has 0 spiro atoms. The largest absolute Gasteiger partial charge is 0.497 e. The number of nitrogens with zero attached hydrogens (tertiary/aromatic N) is 4. The van der Waals surface area contributed by atoms with Gasteiger partial charge in [-0.25, -0.2) is 0 Å². The van der Waals surface area contributed by atoms with Crippen LogP contribution in [0.1, 0.15) is 29.6 Å². The molecule has 158 valence electrons. The van der Waals surface area contributed by atoms with Crippen molar-refractivity contribution in [2.24, 2.45) is 0 Å². The summed E-state index contributed by atoms with van der Waals surface area (Å²) in [5.74, 6) is 1.03. The van der Waals surface area contributed by atoms with Gasteiger partial charge in [0.1, 0.15) is 5.75 Å². The standard InChI is InChI=1S/C22H32N4O3/c1-29-20-7-5-18(6-8-20)22(28)26-11-9-23(10-12-26)17-21(27)25-15-13-24(14-16-25)19-3-2-4-19/h5-8,19H,2-4,9-17H2,1H3. The second-order valence-corrected chi connectivity index (χ2v) is 8.30. The highest BCUT2D eigenvalue weighted by atomic mass is 16.5. The van der Waals surface area contributed by atoms with Gasteiger partial charge < -0.3 is 14.5 Å². The zero-order valence-electron chi connectivity index (χ0n) is 17.4. The zero-order valence-corrected chi connectivity index (χ0v) is 17.4. The Hall–Kier alpha value is -2.12. The average molecular weight is 401 g/mol. The van der Waals surface area contributed by atoms with Crippen molar-refractivity contribution in [1.29, 1.82) is 0 Å². The van der Waals surface area contributed by atoms with E-state index in [-0.39, 0.29) is 11.8 Å². The fourth-order valence-electron chi connectivity index (χ4n) is 4.40. The van der Waals surface area contributed by atoms with Gasteiger partial charge in [-0.2, -0.15) is 0 Å². The van der Waals surface area contributed by atoms with Gasteiger partial charge in [0, 0.05) is 64.0 Å². The minimum atomic E-state index is 0.0470. The number of amides is 2. The summed E-state index contributed by atoms with van der Waals surface area (Å²) < 4.78 is 5.15. The third kappa shape index (κ3) is 4.73. The van der Waals surface area contributed by atoms with Crippen molar-refractivity contribution < 1.29 is 14.3 Å². The van der Waals surface area contributed by atoms with Crippen molar-refractivity contribution in [2.75, 3.05) is 66.0 Å². The molecule has 7 heteroatoms. The number of carbonyl (C=O) groups excluding carboxylic acids is 2. The first-order valence-electron chi connectivity index (χ1n) is 10.8. The molecule has 0 aromatic heterocycles. The molecule has 0 unspecified atom stereocenters. The van der Waals surface area contributed by atoms with Crippen LogP contribution in [0.15, 0.2) is 24.3 Å². The zero-order chi connectivity index (χ0) is 20.2. The van der Waals surface area contributed by atoms with Crippen LogP contribution in [-0.4, -0.2) is 103 Å². The smallest absolute Gasteiger partial charge is 0.253 e. The third-order valence-corrected chi connectivity index (χ3v) is 6.61. The SMILES string of the molecule is COc1ccc(C(=O)N2CCN(CC(=O)N3CCN(C4CCC4)CC3)CC2)cc1. The molecule has 7 nitrogen and oxygen atoms in total. The van der Waals surface area contributed by atoms with Gasteiger partial charge in [-0.05, 0) is 37.1 Å². The van der Waals surface area contributed by atoms with E-state index in [1.165, 1.54) is 19.3 Å². The molecule has 1 aromatic carbocycles. The van der Waals surface area contributed by atoms with Gasteiger partial charge in [0.15, 0.2) is 0 Å². The molecule has 2 heterocycles. The number of benzene rings is 1. The normalized spacial score (nSPS) is 21.7. The van der Waals surface area contributed by atoms with Crippen LogP contribution >= 0.6 is 0 Å². The number of rotatable bonds is 5. The lowest BCUT2D eigenvalue weighted by Gasteiger charge is -2.43. The maximum atomic E-state index is 12.7. The number of hydrogen-bond donors (Lipinski definition) is 0. The molecule has 3 fully saturated rings. The number of hydrogen-bond acceptors (Lipinski definition) is 5. The van der Waals surface area contributed by atoms with Gasteiger partial charge in [0.25, 0.3) is 5.91 Å². The Balaban J connectivity index is 1.20. The van der Waals surface area contributed by atoms with Gasteiger partial charge >= 0.3 is 0 Å². The Kier molecular flexibility index (Phi) is 6.35. The van der Waals surface area contributed by atoms with E-state index in [0.29, 0.717) is 25.2 Å². The minimum Gasteiger partial charge on any atom is -0.497 e. The fourth-order valence-corrected chi connectivity index (χ4v) is 4.40. The Morgan fingerprint density at radius 3 is 2.07 bits per heavy atom. The quantitative estimate of drug-likeness (QED) is 0.742. The molecule has 1 aliphatic carbocycles. The van der Waals surface area contributed by atoms with Gasteiger partial charge in [-0.1, -0.05) is 6.42 Å². The lowest BCUT2D eigenvalue weighted by atomic mass is 9.91. The Bertz CT molecular complexity index is 703. The third-order valence-electron chi connectivity index (χ3n) is 6.61. The highest BCUT2D eigenvalue weighted by Gasteiger charge is 2.30. The number of methoxy groups -OCH3 is 1. The van der Waals surface area contributed by atoms with Crippen molar-refractivity contribution in [3.05, 3.63) is 29.8 Å². The van der Waals surface area contributed by atoms with E-state index >= 15 is 0 Å². The maximum absolute atomic E-state index is 12.7.